The van der Waals surface area contributed by atoms with Crippen LogP contribution in [0.1, 0.15) is 22.4 Å². The van der Waals surface area contributed by atoms with Gasteiger partial charge in [0.25, 0.3) is 0 Å². The molecule has 0 saturated carbocycles. The molecule has 0 spiro atoms. The number of thiazole rings is 1. The molecule has 1 aromatic rings. The summed E-state index contributed by atoms with van der Waals surface area (Å²) in [5.41, 5.74) is 0. The van der Waals surface area contributed by atoms with E-state index in [-0.39, 0.29) is 6.42 Å². The van der Waals surface area contributed by atoms with Crippen molar-refractivity contribution < 1.29 is 14.6 Å². The maximum Gasteiger partial charge on any atom is 0.308 e. The third-order valence-corrected chi connectivity index (χ3v) is 2.57. The molecule has 0 radical (unpaired) electrons. The summed E-state index contributed by atoms with van der Waals surface area (Å²) >= 11 is 1.38. The summed E-state index contributed by atoms with van der Waals surface area (Å²) in [4.78, 5) is 15.5. The molecule has 0 aromatic carbocycles. The number of hydrogen-bond donors (Lipinski definition) is 1. The summed E-state index contributed by atoms with van der Waals surface area (Å²) in [6.07, 6.45) is 0.768. The van der Waals surface area contributed by atoms with E-state index in [1.807, 2.05) is 6.92 Å². The quantitative estimate of drug-likeness (QED) is 0.742. The summed E-state index contributed by atoms with van der Waals surface area (Å²) in [6.45, 7) is 1.85. The fraction of sp³-hybridized carbons (Fsp3) is 0.500. The molecule has 4 nitrogen and oxygen atoms in total. The van der Waals surface area contributed by atoms with E-state index < -0.39 is 12.1 Å². The van der Waals surface area contributed by atoms with Gasteiger partial charge in [0.05, 0.1) is 23.4 Å². The number of aryl methyl sites for hydroxylation is 1. The minimum atomic E-state index is -0.793. The highest BCUT2D eigenvalue weighted by atomic mass is 32.1. The molecule has 0 fully saturated rings. The fourth-order valence-corrected chi connectivity index (χ4v) is 1.64. The number of ether oxygens (including phenoxy) is 1. The Kier molecular flexibility index (Phi) is 3.39. The Labute approximate surface area is 80.2 Å². The van der Waals surface area contributed by atoms with Crippen LogP contribution in [0.4, 0.5) is 0 Å². The highest BCUT2D eigenvalue weighted by Gasteiger charge is 2.15. The SMILES string of the molecule is COC(=O)C[C@@H](O)c1cnc(C)s1. The molecule has 1 heterocycles. The number of methoxy groups -OCH3 is 1. The van der Waals surface area contributed by atoms with Gasteiger partial charge in [-0.05, 0) is 6.92 Å². The van der Waals surface area contributed by atoms with E-state index in [0.29, 0.717) is 4.88 Å². The van der Waals surface area contributed by atoms with Crippen LogP contribution in [0.2, 0.25) is 0 Å². The second-order valence-electron chi connectivity index (χ2n) is 2.58. The van der Waals surface area contributed by atoms with Gasteiger partial charge in [-0.2, -0.15) is 0 Å². The molecule has 1 aromatic heterocycles. The number of rotatable bonds is 3. The van der Waals surface area contributed by atoms with Crippen molar-refractivity contribution in [2.45, 2.75) is 19.4 Å². The molecule has 0 aliphatic rings. The lowest BCUT2D eigenvalue weighted by molar-refractivity contribution is -0.142. The zero-order chi connectivity index (χ0) is 9.84. The van der Waals surface area contributed by atoms with Crippen LogP contribution in [-0.2, 0) is 9.53 Å². The molecule has 1 rings (SSSR count). The van der Waals surface area contributed by atoms with Crippen molar-refractivity contribution in [2.24, 2.45) is 0 Å². The molecule has 0 saturated heterocycles. The Hall–Kier alpha value is -0.940. The zero-order valence-corrected chi connectivity index (χ0v) is 8.30. The maximum absolute atomic E-state index is 10.8. The van der Waals surface area contributed by atoms with Gasteiger partial charge in [-0.1, -0.05) is 0 Å². The Bertz CT molecular complexity index is 297. The van der Waals surface area contributed by atoms with Crippen LogP contribution in [0.15, 0.2) is 6.20 Å². The summed E-state index contributed by atoms with van der Waals surface area (Å²) in [5.74, 6) is -0.418. The zero-order valence-electron chi connectivity index (χ0n) is 7.48. The number of nitrogens with zero attached hydrogens (tertiary/aromatic N) is 1. The molecule has 13 heavy (non-hydrogen) atoms. The van der Waals surface area contributed by atoms with Crippen LogP contribution in [0.3, 0.4) is 0 Å². The molecule has 1 N–H and O–H groups in total. The first kappa shape index (κ1) is 10.1. The first-order valence-corrected chi connectivity index (χ1v) is 4.62. The third kappa shape index (κ3) is 2.78. The van der Waals surface area contributed by atoms with E-state index in [1.54, 1.807) is 6.20 Å². The summed E-state index contributed by atoms with van der Waals surface area (Å²) in [5, 5.41) is 10.4. The Balaban J connectivity index is 2.58. The van der Waals surface area contributed by atoms with Crippen molar-refractivity contribution >= 4 is 17.3 Å². The van der Waals surface area contributed by atoms with Gasteiger partial charge in [-0.15, -0.1) is 11.3 Å². The smallest absolute Gasteiger partial charge is 0.308 e. The van der Waals surface area contributed by atoms with Crippen molar-refractivity contribution in [3.8, 4) is 0 Å². The first-order chi connectivity index (χ1) is 6.13. The van der Waals surface area contributed by atoms with Crippen LogP contribution < -0.4 is 0 Å². The largest absolute Gasteiger partial charge is 0.469 e. The van der Waals surface area contributed by atoms with Gasteiger partial charge in [0, 0.05) is 6.20 Å². The van der Waals surface area contributed by atoms with E-state index in [4.69, 9.17) is 0 Å². The standard InChI is InChI=1S/C8H11NO3S/c1-5-9-4-7(13-5)6(10)3-8(11)12-2/h4,6,10H,3H2,1-2H3/t6-/m1/s1. The summed E-state index contributed by atoms with van der Waals surface area (Å²) in [6, 6.07) is 0. The highest BCUT2D eigenvalue weighted by Crippen LogP contribution is 2.22. The molecule has 0 aliphatic heterocycles. The van der Waals surface area contributed by atoms with Crippen LogP contribution >= 0.6 is 11.3 Å². The molecule has 1 atom stereocenters. The molecule has 0 bridgehead atoms. The second-order valence-corrected chi connectivity index (χ2v) is 3.84. The normalized spacial score (nSPS) is 12.5. The predicted molar refractivity (Wildman–Crippen MR) is 48.4 cm³/mol. The number of hydrogen-bond acceptors (Lipinski definition) is 5. The number of aliphatic hydroxyl groups excluding tert-OH is 1. The number of carbonyl (C=O) groups is 1. The van der Waals surface area contributed by atoms with Gasteiger partial charge in [0.15, 0.2) is 0 Å². The lowest BCUT2D eigenvalue weighted by Crippen LogP contribution is -2.06. The Morgan fingerprint density at radius 2 is 2.54 bits per heavy atom. The third-order valence-electron chi connectivity index (χ3n) is 1.56. The van der Waals surface area contributed by atoms with Crippen molar-refractivity contribution in [2.75, 3.05) is 7.11 Å². The van der Waals surface area contributed by atoms with Crippen LogP contribution in [0.5, 0.6) is 0 Å². The number of esters is 1. The lowest BCUT2D eigenvalue weighted by atomic mass is 10.2. The van der Waals surface area contributed by atoms with Crippen LogP contribution in [-0.4, -0.2) is 23.2 Å². The minimum absolute atomic E-state index is 0.0157. The number of aromatic nitrogens is 1. The average Bonchev–Trinajstić information content (AvgIpc) is 2.51. The van der Waals surface area contributed by atoms with Gasteiger partial charge in [0.2, 0.25) is 0 Å². The van der Waals surface area contributed by atoms with E-state index in [1.165, 1.54) is 18.4 Å². The van der Waals surface area contributed by atoms with E-state index in [9.17, 15) is 9.90 Å². The molecule has 72 valence electrons. The minimum Gasteiger partial charge on any atom is -0.469 e. The monoisotopic (exact) mass is 201 g/mol. The highest BCUT2D eigenvalue weighted by molar-refractivity contribution is 7.11. The van der Waals surface area contributed by atoms with Gasteiger partial charge >= 0.3 is 5.97 Å². The van der Waals surface area contributed by atoms with Gasteiger partial charge in [-0.25, -0.2) is 4.98 Å². The van der Waals surface area contributed by atoms with E-state index in [2.05, 4.69) is 9.72 Å². The molecule has 0 aliphatic carbocycles. The predicted octanol–water partition coefficient (Wildman–Crippen LogP) is 1.05. The second kappa shape index (κ2) is 4.34. The molecule has 5 heteroatoms. The van der Waals surface area contributed by atoms with Gasteiger partial charge in [-0.3, -0.25) is 4.79 Å². The fourth-order valence-electron chi connectivity index (χ4n) is 0.874. The molecule has 0 unspecified atom stereocenters. The Morgan fingerprint density at radius 1 is 1.85 bits per heavy atom. The van der Waals surface area contributed by atoms with Gasteiger partial charge in [0.1, 0.15) is 6.10 Å². The van der Waals surface area contributed by atoms with Gasteiger partial charge < -0.3 is 9.84 Å². The van der Waals surface area contributed by atoms with Crippen molar-refractivity contribution in [1.29, 1.82) is 0 Å². The average molecular weight is 201 g/mol. The first-order valence-electron chi connectivity index (χ1n) is 3.80. The lowest BCUT2D eigenvalue weighted by Gasteiger charge is -2.04. The van der Waals surface area contributed by atoms with Crippen LogP contribution in [0, 0.1) is 6.92 Å². The van der Waals surface area contributed by atoms with Crippen LogP contribution in [0.25, 0.3) is 0 Å². The topological polar surface area (TPSA) is 59.4 Å². The summed E-state index contributed by atoms with van der Waals surface area (Å²) < 4.78 is 4.43. The van der Waals surface area contributed by atoms with Crippen molar-refractivity contribution in [3.63, 3.8) is 0 Å². The molecular formula is C8H11NO3S. The summed E-state index contributed by atoms with van der Waals surface area (Å²) in [7, 11) is 1.30. The van der Waals surface area contributed by atoms with E-state index >= 15 is 0 Å². The van der Waals surface area contributed by atoms with E-state index in [0.717, 1.165) is 5.01 Å². The van der Waals surface area contributed by atoms with Crippen molar-refractivity contribution in [1.82, 2.24) is 4.98 Å². The Morgan fingerprint density at radius 3 is 3.00 bits per heavy atom. The molecule has 0 amide bonds. The maximum atomic E-state index is 10.8. The molecular weight excluding hydrogens is 190 g/mol. The number of aliphatic hydroxyl groups is 1. The van der Waals surface area contributed by atoms with Crippen molar-refractivity contribution in [3.05, 3.63) is 16.1 Å². The number of carbonyl (C=O) groups excluding carboxylic acids is 1.